The van der Waals surface area contributed by atoms with Gasteiger partial charge in [-0.15, -0.1) is 11.3 Å². The molecule has 150 valence electrons. The lowest BCUT2D eigenvalue weighted by Crippen LogP contribution is -2.26. The molecule has 5 nitrogen and oxygen atoms in total. The molecular weight excluding hydrogens is 447 g/mol. The maximum Gasteiger partial charge on any atom is 0.286 e. The second kappa shape index (κ2) is 8.82. The summed E-state index contributed by atoms with van der Waals surface area (Å²) in [6.07, 6.45) is -1.89. The molecule has 3 aromatic heterocycles. The maximum atomic E-state index is 13.7. The third-order valence-corrected chi connectivity index (χ3v) is 5.65. The smallest absolute Gasteiger partial charge is 0.286 e. The predicted molar refractivity (Wildman–Crippen MR) is 107 cm³/mol. The lowest BCUT2D eigenvalue weighted by atomic mass is 10.3. The van der Waals surface area contributed by atoms with Gasteiger partial charge in [-0.05, 0) is 36.5 Å². The Kier molecular flexibility index (Phi) is 6.42. The van der Waals surface area contributed by atoms with Crippen molar-refractivity contribution in [1.82, 2.24) is 8.94 Å². The van der Waals surface area contributed by atoms with Crippen molar-refractivity contribution in [2.75, 3.05) is 5.32 Å². The van der Waals surface area contributed by atoms with E-state index in [1.54, 1.807) is 0 Å². The van der Waals surface area contributed by atoms with Crippen LogP contribution in [-0.4, -0.2) is 21.3 Å². The molecule has 29 heavy (non-hydrogen) atoms. The van der Waals surface area contributed by atoms with E-state index in [2.05, 4.69) is 21.5 Å². The van der Waals surface area contributed by atoms with Gasteiger partial charge in [-0.2, -0.15) is 4.37 Å². The van der Waals surface area contributed by atoms with Crippen LogP contribution >= 0.6 is 34.5 Å². The molecule has 1 amide bonds. The van der Waals surface area contributed by atoms with Gasteiger partial charge in [-0.25, -0.2) is 13.2 Å². The molecule has 0 aliphatic rings. The molecule has 0 aliphatic heterocycles. The summed E-state index contributed by atoms with van der Waals surface area (Å²) in [5.74, 6) is 3.87. The summed E-state index contributed by atoms with van der Waals surface area (Å²) in [5, 5.41) is 2.37. The number of aromatic nitrogens is 2. The van der Waals surface area contributed by atoms with Crippen LogP contribution in [0.3, 0.4) is 0 Å². The van der Waals surface area contributed by atoms with Gasteiger partial charge < -0.3 is 9.88 Å². The van der Waals surface area contributed by atoms with Crippen LogP contribution in [0.4, 0.5) is 18.9 Å². The number of aryl methyl sites for hydroxylation is 1. The fourth-order valence-corrected chi connectivity index (χ4v) is 3.96. The van der Waals surface area contributed by atoms with Crippen LogP contribution < -0.4 is 10.9 Å². The summed E-state index contributed by atoms with van der Waals surface area (Å²) < 4.78 is 43.7. The summed E-state index contributed by atoms with van der Waals surface area (Å²) >= 11 is 8.33. The Hall–Kier alpha value is -2.61. The zero-order chi connectivity index (χ0) is 21.1. The Morgan fingerprint density at radius 1 is 1.34 bits per heavy atom. The first kappa shape index (κ1) is 21.1. The monoisotopic (exact) mass is 457 g/mol. The molecule has 0 fully saturated rings. The fraction of sp³-hybridized carbons (Fsp3) is 0.167. The van der Waals surface area contributed by atoms with Gasteiger partial charge in [0.1, 0.15) is 4.34 Å². The number of carbonyl (C=O) groups is 1. The Bertz CT molecular complexity index is 1190. The van der Waals surface area contributed by atoms with Crippen molar-refractivity contribution in [1.29, 1.82) is 0 Å². The van der Waals surface area contributed by atoms with Crippen molar-refractivity contribution in [3.63, 3.8) is 0 Å². The Morgan fingerprint density at radius 3 is 2.76 bits per heavy atom. The van der Waals surface area contributed by atoms with Crippen LogP contribution in [0, 0.1) is 24.6 Å². The Labute approximate surface area is 175 Å². The summed E-state index contributed by atoms with van der Waals surface area (Å²) in [5.41, 5.74) is -0.0544. The number of nitrogens with zero attached hydrogens (tertiary/aromatic N) is 2. The normalized spacial score (nSPS) is 10.7. The Morgan fingerprint density at radius 2 is 2.10 bits per heavy atom. The van der Waals surface area contributed by atoms with Crippen LogP contribution in [0.15, 0.2) is 29.2 Å². The van der Waals surface area contributed by atoms with Crippen LogP contribution in [-0.2, 0) is 6.54 Å². The van der Waals surface area contributed by atoms with Gasteiger partial charge in [0, 0.05) is 12.3 Å². The van der Waals surface area contributed by atoms with E-state index in [0.717, 1.165) is 34.2 Å². The van der Waals surface area contributed by atoms with Crippen molar-refractivity contribution >= 4 is 46.1 Å². The second-order valence-electron chi connectivity index (χ2n) is 5.76. The molecule has 0 saturated carbocycles. The average molecular weight is 458 g/mol. The summed E-state index contributed by atoms with van der Waals surface area (Å²) in [6.45, 7) is 0.857. The number of hydrogen-bond donors (Lipinski definition) is 1. The topological polar surface area (TPSA) is 64.0 Å². The number of halogens is 4. The third kappa shape index (κ3) is 5.26. The third-order valence-electron chi connectivity index (χ3n) is 3.49. The van der Waals surface area contributed by atoms with Gasteiger partial charge in [-0.1, -0.05) is 17.5 Å². The number of thiophene rings is 1. The number of nitrogens with one attached hydrogen (secondary N) is 1. The van der Waals surface area contributed by atoms with E-state index >= 15 is 0 Å². The molecule has 11 heteroatoms. The zero-order valence-corrected chi connectivity index (χ0v) is 17.0. The van der Waals surface area contributed by atoms with E-state index in [9.17, 15) is 22.8 Å². The maximum absolute atomic E-state index is 13.7. The Balaban J connectivity index is 1.81. The van der Waals surface area contributed by atoms with Crippen LogP contribution in [0.5, 0.6) is 0 Å². The van der Waals surface area contributed by atoms with Gasteiger partial charge in [-0.3, -0.25) is 9.59 Å². The predicted octanol–water partition coefficient (Wildman–Crippen LogP) is 4.38. The molecule has 0 aromatic carbocycles. The minimum absolute atomic E-state index is 0.134. The van der Waals surface area contributed by atoms with Crippen LogP contribution in [0.2, 0.25) is 4.34 Å². The number of anilines is 1. The van der Waals surface area contributed by atoms with E-state index in [0.29, 0.717) is 10.1 Å². The number of hydrogen-bond acceptors (Lipinski definition) is 5. The molecule has 0 aliphatic carbocycles. The van der Waals surface area contributed by atoms with Gasteiger partial charge in [0.15, 0.2) is 5.82 Å². The molecule has 0 unspecified atom stereocenters. The molecule has 0 radical (unpaired) electrons. The highest BCUT2D eigenvalue weighted by Gasteiger charge is 2.16. The first-order valence-corrected chi connectivity index (χ1v) is 9.94. The zero-order valence-electron chi connectivity index (χ0n) is 14.6. The van der Waals surface area contributed by atoms with Crippen molar-refractivity contribution in [2.45, 2.75) is 19.9 Å². The van der Waals surface area contributed by atoms with E-state index in [-0.39, 0.29) is 14.9 Å². The van der Waals surface area contributed by atoms with Crippen molar-refractivity contribution < 1.29 is 18.0 Å². The minimum Gasteiger partial charge on any atom is -0.320 e. The van der Waals surface area contributed by atoms with E-state index in [1.165, 1.54) is 17.6 Å². The SMILES string of the molecule is Cc1cc(C#Cc2cc(C(=O)Nc3cc(F)c(=O)n(CC(F)F)c3)sc2Cl)sn1. The summed E-state index contributed by atoms with van der Waals surface area (Å²) in [6, 6.07) is 4.05. The highest BCUT2D eigenvalue weighted by Crippen LogP contribution is 2.28. The molecule has 0 spiro atoms. The highest BCUT2D eigenvalue weighted by molar-refractivity contribution is 7.18. The van der Waals surface area contributed by atoms with Gasteiger partial charge >= 0.3 is 0 Å². The average Bonchev–Trinajstić information content (AvgIpc) is 3.22. The highest BCUT2D eigenvalue weighted by atomic mass is 35.5. The van der Waals surface area contributed by atoms with E-state index < -0.39 is 30.3 Å². The molecule has 3 rings (SSSR count). The van der Waals surface area contributed by atoms with Crippen molar-refractivity contribution in [3.05, 3.63) is 65.9 Å². The number of rotatable bonds is 4. The fourth-order valence-electron chi connectivity index (χ4n) is 2.26. The standard InChI is InChI=1S/C18H11ClF3N3O2S2/c1-9-4-12(29-24-9)3-2-10-5-14(28-16(10)19)17(26)23-11-6-13(20)18(27)25(7-11)8-15(21)22/h4-7,15H,8H2,1H3,(H,23,26). The van der Waals surface area contributed by atoms with Crippen LogP contribution in [0.1, 0.15) is 25.8 Å². The summed E-state index contributed by atoms with van der Waals surface area (Å²) in [4.78, 5) is 24.9. The molecule has 0 bridgehead atoms. The number of alkyl halides is 2. The van der Waals surface area contributed by atoms with Gasteiger partial charge in [0.2, 0.25) is 0 Å². The molecule has 1 N–H and O–H groups in total. The first-order chi connectivity index (χ1) is 13.7. The number of pyridine rings is 1. The van der Waals surface area contributed by atoms with Crippen molar-refractivity contribution in [3.8, 4) is 11.8 Å². The molecular formula is C18H11ClF3N3O2S2. The minimum atomic E-state index is -2.85. The quantitative estimate of drug-likeness (QED) is 0.591. The lowest BCUT2D eigenvalue weighted by molar-refractivity contribution is 0.103. The second-order valence-corrected chi connectivity index (χ2v) is 8.22. The number of carbonyl (C=O) groups excluding carboxylic acids is 1. The molecule has 3 heterocycles. The first-order valence-electron chi connectivity index (χ1n) is 7.97. The van der Waals surface area contributed by atoms with Crippen LogP contribution in [0.25, 0.3) is 0 Å². The lowest BCUT2D eigenvalue weighted by Gasteiger charge is -2.09. The van der Waals surface area contributed by atoms with E-state index in [4.69, 9.17) is 11.6 Å². The van der Waals surface area contributed by atoms with Gasteiger partial charge in [0.05, 0.1) is 33.2 Å². The largest absolute Gasteiger partial charge is 0.320 e. The summed E-state index contributed by atoms with van der Waals surface area (Å²) in [7, 11) is 0. The molecule has 3 aromatic rings. The molecule has 0 saturated heterocycles. The van der Waals surface area contributed by atoms with E-state index in [1.807, 2.05) is 13.0 Å². The molecule has 0 atom stereocenters. The van der Waals surface area contributed by atoms with Gasteiger partial charge in [0.25, 0.3) is 17.9 Å². The van der Waals surface area contributed by atoms with Crippen molar-refractivity contribution in [2.24, 2.45) is 0 Å². The number of amides is 1.